The van der Waals surface area contributed by atoms with Crippen LogP contribution in [0, 0.1) is 6.92 Å². The SMILES string of the molecule is COCCC1COCCN1c1ncnc2ccc(C)cc12. The van der Waals surface area contributed by atoms with Crippen molar-refractivity contribution in [2.45, 2.75) is 19.4 Å². The number of aryl methyl sites for hydroxylation is 1. The summed E-state index contributed by atoms with van der Waals surface area (Å²) in [5.41, 5.74) is 2.21. The van der Waals surface area contributed by atoms with Gasteiger partial charge in [-0.05, 0) is 25.5 Å². The van der Waals surface area contributed by atoms with E-state index in [1.165, 1.54) is 5.56 Å². The average molecular weight is 287 g/mol. The first-order valence-corrected chi connectivity index (χ1v) is 7.34. The number of hydrogen-bond donors (Lipinski definition) is 0. The summed E-state index contributed by atoms with van der Waals surface area (Å²) in [6, 6.07) is 6.60. The molecule has 1 atom stereocenters. The molecule has 1 fully saturated rings. The summed E-state index contributed by atoms with van der Waals surface area (Å²) in [7, 11) is 1.73. The molecule has 0 aliphatic carbocycles. The molecule has 21 heavy (non-hydrogen) atoms. The Morgan fingerprint density at radius 2 is 2.29 bits per heavy atom. The van der Waals surface area contributed by atoms with E-state index in [2.05, 4.69) is 40.0 Å². The molecule has 0 spiro atoms. The number of hydrogen-bond acceptors (Lipinski definition) is 5. The molecule has 0 bridgehead atoms. The van der Waals surface area contributed by atoms with Crippen molar-refractivity contribution in [1.82, 2.24) is 9.97 Å². The molecule has 2 heterocycles. The van der Waals surface area contributed by atoms with Crippen LogP contribution in [0.3, 0.4) is 0 Å². The van der Waals surface area contributed by atoms with E-state index in [1.54, 1.807) is 13.4 Å². The number of aromatic nitrogens is 2. The fraction of sp³-hybridized carbons (Fsp3) is 0.500. The highest BCUT2D eigenvalue weighted by Crippen LogP contribution is 2.27. The van der Waals surface area contributed by atoms with Gasteiger partial charge in [-0.3, -0.25) is 0 Å². The van der Waals surface area contributed by atoms with Gasteiger partial charge >= 0.3 is 0 Å². The summed E-state index contributed by atoms with van der Waals surface area (Å²) < 4.78 is 10.8. The van der Waals surface area contributed by atoms with Crippen LogP contribution in [0.15, 0.2) is 24.5 Å². The Hall–Kier alpha value is -1.72. The molecule has 1 unspecified atom stereocenters. The Morgan fingerprint density at radius 3 is 3.14 bits per heavy atom. The van der Waals surface area contributed by atoms with Crippen LogP contribution in [-0.2, 0) is 9.47 Å². The van der Waals surface area contributed by atoms with Gasteiger partial charge in [0.05, 0.1) is 24.8 Å². The summed E-state index contributed by atoms with van der Waals surface area (Å²) in [5, 5.41) is 1.11. The highest BCUT2D eigenvalue weighted by molar-refractivity contribution is 5.90. The number of benzene rings is 1. The first-order valence-electron chi connectivity index (χ1n) is 7.34. The molecule has 1 aromatic heterocycles. The third-order valence-corrected chi connectivity index (χ3v) is 3.92. The first kappa shape index (κ1) is 14.2. The number of morpholine rings is 1. The van der Waals surface area contributed by atoms with Crippen molar-refractivity contribution in [2.24, 2.45) is 0 Å². The van der Waals surface area contributed by atoms with Crippen LogP contribution in [0.4, 0.5) is 5.82 Å². The quantitative estimate of drug-likeness (QED) is 0.862. The Morgan fingerprint density at radius 1 is 1.38 bits per heavy atom. The second-order valence-corrected chi connectivity index (χ2v) is 5.42. The van der Waals surface area contributed by atoms with Gasteiger partial charge in [0.2, 0.25) is 0 Å². The van der Waals surface area contributed by atoms with E-state index in [-0.39, 0.29) is 0 Å². The Kier molecular flexibility index (Phi) is 4.31. The smallest absolute Gasteiger partial charge is 0.140 e. The van der Waals surface area contributed by atoms with Gasteiger partial charge in [-0.2, -0.15) is 0 Å². The second-order valence-electron chi connectivity index (χ2n) is 5.42. The van der Waals surface area contributed by atoms with Crippen LogP contribution in [0.2, 0.25) is 0 Å². The highest BCUT2D eigenvalue weighted by atomic mass is 16.5. The fourth-order valence-electron chi connectivity index (χ4n) is 2.81. The lowest BCUT2D eigenvalue weighted by molar-refractivity contribution is 0.0795. The standard InChI is InChI=1S/C16H21N3O2/c1-12-3-4-15-14(9-12)16(18-11-17-15)19-6-8-21-10-13(19)5-7-20-2/h3-4,9,11,13H,5-8,10H2,1-2H3. The minimum Gasteiger partial charge on any atom is -0.385 e. The van der Waals surface area contributed by atoms with E-state index in [0.29, 0.717) is 6.04 Å². The summed E-state index contributed by atoms with van der Waals surface area (Å²) in [6.45, 7) is 5.14. The number of fused-ring (bicyclic) bond motifs is 1. The summed E-state index contributed by atoms with van der Waals surface area (Å²) >= 11 is 0. The topological polar surface area (TPSA) is 47.5 Å². The van der Waals surface area contributed by atoms with Crippen LogP contribution in [-0.4, -0.2) is 49.5 Å². The molecule has 2 aromatic rings. The third-order valence-electron chi connectivity index (χ3n) is 3.92. The average Bonchev–Trinajstić information content (AvgIpc) is 2.52. The lowest BCUT2D eigenvalue weighted by Crippen LogP contribution is -2.46. The van der Waals surface area contributed by atoms with E-state index >= 15 is 0 Å². The molecule has 0 radical (unpaired) electrons. The molecule has 0 N–H and O–H groups in total. The molecule has 1 saturated heterocycles. The number of rotatable bonds is 4. The van der Waals surface area contributed by atoms with Gasteiger partial charge in [0.15, 0.2) is 0 Å². The van der Waals surface area contributed by atoms with Gasteiger partial charge in [0.1, 0.15) is 12.1 Å². The van der Waals surface area contributed by atoms with E-state index in [4.69, 9.17) is 9.47 Å². The molecular weight excluding hydrogens is 266 g/mol. The predicted octanol–water partition coefficient (Wildman–Crippen LogP) is 2.18. The van der Waals surface area contributed by atoms with Gasteiger partial charge in [0.25, 0.3) is 0 Å². The Bertz CT molecular complexity index is 617. The first-order chi connectivity index (χ1) is 10.3. The van der Waals surface area contributed by atoms with Crippen molar-refractivity contribution >= 4 is 16.7 Å². The van der Waals surface area contributed by atoms with Crippen molar-refractivity contribution in [3.63, 3.8) is 0 Å². The van der Waals surface area contributed by atoms with Gasteiger partial charge in [-0.15, -0.1) is 0 Å². The lowest BCUT2D eigenvalue weighted by atomic mass is 10.1. The van der Waals surface area contributed by atoms with Crippen molar-refractivity contribution < 1.29 is 9.47 Å². The second kappa shape index (κ2) is 6.37. The lowest BCUT2D eigenvalue weighted by Gasteiger charge is -2.37. The maximum absolute atomic E-state index is 5.63. The van der Waals surface area contributed by atoms with Crippen molar-refractivity contribution in [2.75, 3.05) is 38.4 Å². The Balaban J connectivity index is 1.98. The van der Waals surface area contributed by atoms with Crippen LogP contribution in [0.1, 0.15) is 12.0 Å². The van der Waals surface area contributed by atoms with Crippen molar-refractivity contribution in [1.29, 1.82) is 0 Å². The number of ether oxygens (including phenoxy) is 2. The number of anilines is 1. The summed E-state index contributed by atoms with van der Waals surface area (Å²) in [4.78, 5) is 11.3. The summed E-state index contributed by atoms with van der Waals surface area (Å²) in [5.74, 6) is 1.01. The molecule has 112 valence electrons. The molecule has 1 aliphatic rings. The van der Waals surface area contributed by atoms with Crippen LogP contribution in [0.5, 0.6) is 0 Å². The minimum atomic E-state index is 0.303. The zero-order valence-corrected chi connectivity index (χ0v) is 12.6. The fourth-order valence-corrected chi connectivity index (χ4v) is 2.81. The molecule has 1 aliphatic heterocycles. The normalized spacial score (nSPS) is 19.1. The molecule has 3 rings (SSSR count). The maximum atomic E-state index is 5.63. The largest absolute Gasteiger partial charge is 0.385 e. The van der Waals surface area contributed by atoms with Gasteiger partial charge in [-0.1, -0.05) is 11.6 Å². The third kappa shape index (κ3) is 2.99. The monoisotopic (exact) mass is 287 g/mol. The van der Waals surface area contributed by atoms with Gasteiger partial charge in [-0.25, -0.2) is 9.97 Å². The molecule has 5 heteroatoms. The molecule has 0 amide bonds. The zero-order chi connectivity index (χ0) is 14.7. The predicted molar refractivity (Wildman–Crippen MR) is 82.7 cm³/mol. The van der Waals surface area contributed by atoms with E-state index in [9.17, 15) is 0 Å². The minimum absolute atomic E-state index is 0.303. The zero-order valence-electron chi connectivity index (χ0n) is 12.6. The highest BCUT2D eigenvalue weighted by Gasteiger charge is 2.25. The van der Waals surface area contributed by atoms with Crippen molar-refractivity contribution in [3.8, 4) is 0 Å². The molecule has 1 aromatic carbocycles. The van der Waals surface area contributed by atoms with Crippen molar-refractivity contribution in [3.05, 3.63) is 30.1 Å². The van der Waals surface area contributed by atoms with Gasteiger partial charge < -0.3 is 14.4 Å². The molecule has 0 saturated carbocycles. The number of methoxy groups -OCH3 is 1. The van der Waals surface area contributed by atoms with E-state index < -0.39 is 0 Å². The van der Waals surface area contributed by atoms with Gasteiger partial charge in [0, 0.05) is 25.6 Å². The van der Waals surface area contributed by atoms with Crippen LogP contribution in [0.25, 0.3) is 10.9 Å². The molecular formula is C16H21N3O2. The maximum Gasteiger partial charge on any atom is 0.140 e. The van der Waals surface area contributed by atoms with Crippen LogP contribution >= 0.6 is 0 Å². The Labute approximate surface area is 124 Å². The van der Waals surface area contributed by atoms with Crippen LogP contribution < -0.4 is 4.90 Å². The summed E-state index contributed by atoms with van der Waals surface area (Å²) in [6.07, 6.45) is 2.59. The number of nitrogens with zero attached hydrogens (tertiary/aromatic N) is 3. The van der Waals surface area contributed by atoms with E-state index in [0.717, 1.165) is 49.5 Å². The molecule has 5 nitrogen and oxygen atoms in total. The van der Waals surface area contributed by atoms with E-state index in [1.807, 2.05) is 0 Å².